The van der Waals surface area contributed by atoms with Crippen LogP contribution in [0.1, 0.15) is 70.4 Å². The van der Waals surface area contributed by atoms with Crippen molar-refractivity contribution in [3.63, 3.8) is 0 Å². The van der Waals surface area contributed by atoms with Gasteiger partial charge in [-0.2, -0.15) is 0 Å². The highest BCUT2D eigenvalue weighted by Crippen LogP contribution is 2.45. The number of nitrogens with zero attached hydrogens (tertiary/aromatic N) is 1. The lowest BCUT2D eigenvalue weighted by atomic mass is 9.73. The molecule has 1 aromatic carbocycles. The summed E-state index contributed by atoms with van der Waals surface area (Å²) in [6, 6.07) is 6.06. The minimum absolute atomic E-state index is 0.0124. The first kappa shape index (κ1) is 20.8. The summed E-state index contributed by atoms with van der Waals surface area (Å²) in [5.41, 5.74) is 1.79. The first-order valence-electron chi connectivity index (χ1n) is 10.4. The van der Waals surface area contributed by atoms with Gasteiger partial charge in [0.25, 0.3) is 0 Å². The summed E-state index contributed by atoms with van der Waals surface area (Å²) in [6.45, 7) is 8.54. The molecule has 0 aromatic heterocycles. The van der Waals surface area contributed by atoms with Gasteiger partial charge < -0.3 is 9.84 Å². The lowest BCUT2D eigenvalue weighted by molar-refractivity contribution is -0.144. The van der Waals surface area contributed by atoms with E-state index in [0.717, 1.165) is 43.4 Å². The molecular weight excluding hydrogens is 354 g/mol. The van der Waals surface area contributed by atoms with Crippen molar-refractivity contribution in [2.45, 2.75) is 77.7 Å². The predicted molar refractivity (Wildman–Crippen MR) is 108 cm³/mol. The molecule has 5 heteroatoms. The predicted octanol–water partition coefficient (Wildman–Crippen LogP) is 3.74. The second-order valence-electron chi connectivity index (χ2n) is 9.52. The van der Waals surface area contributed by atoms with Crippen molar-refractivity contribution in [3.8, 4) is 5.75 Å². The third-order valence-corrected chi connectivity index (χ3v) is 6.17. The molecule has 2 aliphatic rings. The lowest BCUT2D eigenvalue weighted by Crippen LogP contribution is -2.42. The molecule has 0 radical (unpaired) electrons. The van der Waals surface area contributed by atoms with Crippen LogP contribution < -0.4 is 4.74 Å². The highest BCUT2D eigenvalue weighted by Gasteiger charge is 2.51. The number of ether oxygens (including phenoxy) is 1. The van der Waals surface area contributed by atoms with Crippen LogP contribution in [0.25, 0.3) is 0 Å². The number of hydrogen-bond donors (Lipinski definition) is 1. The van der Waals surface area contributed by atoms with Crippen molar-refractivity contribution in [1.29, 1.82) is 0 Å². The summed E-state index contributed by atoms with van der Waals surface area (Å²) in [5.74, 6) is 0.466. The summed E-state index contributed by atoms with van der Waals surface area (Å²) in [6.07, 6.45) is 4.12. The molecule has 5 nitrogen and oxygen atoms in total. The van der Waals surface area contributed by atoms with Gasteiger partial charge in [-0.3, -0.25) is 14.5 Å². The van der Waals surface area contributed by atoms with Crippen molar-refractivity contribution in [1.82, 2.24) is 4.90 Å². The van der Waals surface area contributed by atoms with Crippen LogP contribution in [0.3, 0.4) is 0 Å². The maximum absolute atomic E-state index is 12.8. The molecule has 1 saturated heterocycles. The maximum atomic E-state index is 12.8. The summed E-state index contributed by atoms with van der Waals surface area (Å²) in [5, 5.41) is 10.4. The fourth-order valence-electron chi connectivity index (χ4n) is 4.39. The van der Waals surface area contributed by atoms with Gasteiger partial charge in [-0.1, -0.05) is 52.2 Å². The molecule has 1 atom stereocenters. The third-order valence-electron chi connectivity index (χ3n) is 6.17. The van der Waals surface area contributed by atoms with E-state index >= 15 is 0 Å². The number of carbonyl (C=O) groups is 2. The fraction of sp³-hybridized carbons (Fsp3) is 0.652. The molecule has 154 valence electrons. The average molecular weight is 388 g/mol. The molecule has 1 aromatic rings. The lowest BCUT2D eigenvalue weighted by Gasteiger charge is -2.30. The quantitative estimate of drug-likeness (QED) is 0.782. The number of likely N-dealkylation sites (tertiary alicyclic amines) is 1. The van der Waals surface area contributed by atoms with E-state index in [-0.39, 0.29) is 30.4 Å². The smallest absolute Gasteiger partial charge is 0.235 e. The van der Waals surface area contributed by atoms with Crippen LogP contribution in [-0.2, 0) is 15.0 Å². The van der Waals surface area contributed by atoms with E-state index in [1.807, 2.05) is 19.1 Å². The van der Waals surface area contributed by atoms with E-state index in [2.05, 4.69) is 26.8 Å². The molecule has 2 fully saturated rings. The fourth-order valence-corrected chi connectivity index (χ4v) is 4.39. The van der Waals surface area contributed by atoms with Gasteiger partial charge >= 0.3 is 0 Å². The van der Waals surface area contributed by atoms with Crippen LogP contribution >= 0.6 is 0 Å². The van der Waals surface area contributed by atoms with Crippen LogP contribution in [0.5, 0.6) is 5.75 Å². The Morgan fingerprint density at radius 2 is 1.86 bits per heavy atom. The Bertz CT molecular complexity index is 743. The largest absolute Gasteiger partial charge is 0.491 e. The Balaban J connectivity index is 1.58. The topological polar surface area (TPSA) is 66.8 Å². The SMILES string of the molecule is Cc1cc(C(C)(C)C)ccc1OCC(O)CN1C(=O)CC2(CCCCC2)C1=O. The summed E-state index contributed by atoms with van der Waals surface area (Å²) >= 11 is 0. The van der Waals surface area contributed by atoms with Crippen molar-refractivity contribution >= 4 is 11.8 Å². The molecule has 1 saturated carbocycles. The van der Waals surface area contributed by atoms with Gasteiger partial charge in [-0.15, -0.1) is 0 Å². The molecule has 1 spiro atoms. The second-order valence-corrected chi connectivity index (χ2v) is 9.52. The van der Waals surface area contributed by atoms with Crippen LogP contribution in [0.15, 0.2) is 18.2 Å². The highest BCUT2D eigenvalue weighted by atomic mass is 16.5. The number of aliphatic hydroxyl groups excluding tert-OH is 1. The number of aryl methyl sites for hydroxylation is 1. The van der Waals surface area contributed by atoms with E-state index in [1.54, 1.807) is 0 Å². The molecule has 1 unspecified atom stereocenters. The molecule has 3 rings (SSSR count). The van der Waals surface area contributed by atoms with E-state index in [9.17, 15) is 14.7 Å². The van der Waals surface area contributed by atoms with Gasteiger partial charge in [0.15, 0.2) is 0 Å². The second kappa shape index (κ2) is 7.86. The first-order valence-corrected chi connectivity index (χ1v) is 10.4. The standard InChI is InChI=1S/C23H33NO4/c1-16-12-17(22(2,3)4)8-9-19(16)28-15-18(25)14-24-20(26)13-23(21(24)27)10-6-5-7-11-23/h8-9,12,18,25H,5-7,10-11,13-15H2,1-4H3. The van der Waals surface area contributed by atoms with Gasteiger partial charge in [0.2, 0.25) is 11.8 Å². The van der Waals surface area contributed by atoms with Gasteiger partial charge in [0, 0.05) is 6.42 Å². The van der Waals surface area contributed by atoms with Gasteiger partial charge in [0.05, 0.1) is 12.0 Å². The number of aliphatic hydroxyl groups is 1. The Morgan fingerprint density at radius 3 is 2.46 bits per heavy atom. The zero-order chi connectivity index (χ0) is 20.5. The summed E-state index contributed by atoms with van der Waals surface area (Å²) in [7, 11) is 0. The summed E-state index contributed by atoms with van der Waals surface area (Å²) < 4.78 is 5.78. The Labute approximate surface area is 168 Å². The van der Waals surface area contributed by atoms with E-state index in [1.165, 1.54) is 10.5 Å². The number of hydrogen-bond acceptors (Lipinski definition) is 4. The molecule has 1 aliphatic carbocycles. The van der Waals surface area contributed by atoms with Crippen molar-refractivity contribution in [2.75, 3.05) is 13.2 Å². The molecule has 28 heavy (non-hydrogen) atoms. The van der Waals surface area contributed by atoms with Crippen LogP contribution in [0, 0.1) is 12.3 Å². The number of imide groups is 1. The van der Waals surface area contributed by atoms with Gasteiger partial charge in [-0.05, 0) is 42.4 Å². The third kappa shape index (κ3) is 4.24. The maximum Gasteiger partial charge on any atom is 0.235 e. The Hall–Kier alpha value is -1.88. The molecule has 2 amide bonds. The first-order chi connectivity index (χ1) is 13.1. The normalized spacial score (nSPS) is 20.7. The number of rotatable bonds is 5. The van der Waals surface area contributed by atoms with Gasteiger partial charge in [0.1, 0.15) is 18.5 Å². The van der Waals surface area contributed by atoms with E-state index < -0.39 is 11.5 Å². The zero-order valence-electron chi connectivity index (χ0n) is 17.6. The Morgan fingerprint density at radius 1 is 1.18 bits per heavy atom. The van der Waals surface area contributed by atoms with Gasteiger partial charge in [-0.25, -0.2) is 0 Å². The molecule has 1 aliphatic heterocycles. The zero-order valence-corrected chi connectivity index (χ0v) is 17.6. The number of amides is 2. The number of benzene rings is 1. The molecule has 0 bridgehead atoms. The number of carbonyl (C=O) groups excluding carboxylic acids is 2. The molecular formula is C23H33NO4. The number of β-amino-alcohol motifs (C(OH)–C–C–N with tert-alkyl or cyclic N) is 1. The average Bonchev–Trinajstić information content (AvgIpc) is 2.84. The van der Waals surface area contributed by atoms with Crippen LogP contribution in [0.2, 0.25) is 0 Å². The van der Waals surface area contributed by atoms with E-state index in [0.29, 0.717) is 6.42 Å². The van der Waals surface area contributed by atoms with Crippen molar-refractivity contribution in [3.05, 3.63) is 29.3 Å². The van der Waals surface area contributed by atoms with Crippen molar-refractivity contribution < 1.29 is 19.4 Å². The minimum atomic E-state index is -0.895. The van der Waals surface area contributed by atoms with E-state index in [4.69, 9.17) is 4.74 Å². The summed E-state index contributed by atoms with van der Waals surface area (Å²) in [4.78, 5) is 26.5. The monoisotopic (exact) mass is 387 g/mol. The Kier molecular flexibility index (Phi) is 5.85. The van der Waals surface area contributed by atoms with Crippen LogP contribution in [-0.4, -0.2) is 41.1 Å². The van der Waals surface area contributed by atoms with Crippen molar-refractivity contribution in [2.24, 2.45) is 5.41 Å². The van der Waals surface area contributed by atoms with Crippen LogP contribution in [0.4, 0.5) is 0 Å². The highest BCUT2D eigenvalue weighted by molar-refractivity contribution is 6.06. The minimum Gasteiger partial charge on any atom is -0.491 e. The molecule has 1 N–H and O–H groups in total. The molecule has 1 heterocycles.